The lowest BCUT2D eigenvalue weighted by atomic mass is 10.1. The van der Waals surface area contributed by atoms with Crippen LogP contribution in [0.15, 0.2) is 59.5 Å². The number of carbonyl (C=O) groups is 2. The monoisotopic (exact) mass is 403 g/mol. The van der Waals surface area contributed by atoms with Crippen LogP contribution in [-0.2, 0) is 14.8 Å². The van der Waals surface area contributed by atoms with Crippen LogP contribution in [0.2, 0.25) is 0 Å². The normalized spacial score (nSPS) is 11.3. The van der Waals surface area contributed by atoms with Gasteiger partial charge in [-0.15, -0.1) is 0 Å². The van der Waals surface area contributed by atoms with Gasteiger partial charge in [-0.1, -0.05) is 18.2 Å². The summed E-state index contributed by atoms with van der Waals surface area (Å²) in [6, 6.07) is 14.5. The predicted molar refractivity (Wildman–Crippen MR) is 109 cm³/mol. The molecule has 0 atom stereocenters. The van der Waals surface area contributed by atoms with Crippen LogP contribution in [0.25, 0.3) is 0 Å². The third-order valence-corrected chi connectivity index (χ3v) is 6.10. The van der Waals surface area contributed by atoms with Crippen molar-refractivity contribution in [2.75, 3.05) is 32.0 Å². The number of amides is 2. The SMILES string of the molecule is CCN(CC)C(=O)c1ccc(NC(=O)CN(C)S(=O)(=O)c2ccccc2)cc1. The van der Waals surface area contributed by atoms with Crippen LogP contribution >= 0.6 is 0 Å². The van der Waals surface area contributed by atoms with Crippen LogP contribution < -0.4 is 5.32 Å². The van der Waals surface area contributed by atoms with E-state index >= 15 is 0 Å². The van der Waals surface area contributed by atoms with E-state index in [2.05, 4.69) is 5.32 Å². The van der Waals surface area contributed by atoms with E-state index in [1.165, 1.54) is 19.2 Å². The second-order valence-corrected chi connectivity index (χ2v) is 8.22. The second kappa shape index (κ2) is 9.48. The van der Waals surface area contributed by atoms with Crippen molar-refractivity contribution >= 4 is 27.5 Å². The molecule has 0 unspecified atom stereocenters. The topological polar surface area (TPSA) is 86.8 Å². The molecular weight excluding hydrogens is 378 g/mol. The van der Waals surface area contributed by atoms with E-state index in [1.54, 1.807) is 47.4 Å². The molecule has 0 fully saturated rings. The third-order valence-electron chi connectivity index (χ3n) is 4.28. The van der Waals surface area contributed by atoms with Crippen LogP contribution in [0.5, 0.6) is 0 Å². The first-order valence-corrected chi connectivity index (χ1v) is 10.4. The predicted octanol–water partition coefficient (Wildman–Crippen LogP) is 2.43. The number of benzene rings is 2. The maximum atomic E-state index is 12.5. The van der Waals surface area contributed by atoms with Gasteiger partial charge < -0.3 is 10.2 Å². The highest BCUT2D eigenvalue weighted by atomic mass is 32.2. The van der Waals surface area contributed by atoms with E-state index in [4.69, 9.17) is 0 Å². The van der Waals surface area contributed by atoms with Crippen LogP contribution in [0, 0.1) is 0 Å². The molecule has 0 aliphatic heterocycles. The standard InChI is InChI=1S/C20H25N3O4S/c1-4-23(5-2)20(25)16-11-13-17(14-12-16)21-19(24)15-22(3)28(26,27)18-9-7-6-8-10-18/h6-14H,4-5,15H2,1-3H3,(H,21,24). The molecule has 2 aromatic rings. The fourth-order valence-electron chi connectivity index (χ4n) is 2.65. The van der Waals surface area contributed by atoms with Gasteiger partial charge in [-0.25, -0.2) is 8.42 Å². The van der Waals surface area contributed by atoms with E-state index in [0.29, 0.717) is 24.3 Å². The van der Waals surface area contributed by atoms with Gasteiger partial charge in [0.2, 0.25) is 15.9 Å². The first kappa shape index (κ1) is 21.6. The molecule has 0 heterocycles. The van der Waals surface area contributed by atoms with Gasteiger partial charge in [0.05, 0.1) is 11.4 Å². The van der Waals surface area contributed by atoms with Gasteiger partial charge in [-0.3, -0.25) is 9.59 Å². The minimum atomic E-state index is -3.74. The molecule has 0 saturated heterocycles. The first-order chi connectivity index (χ1) is 13.3. The summed E-state index contributed by atoms with van der Waals surface area (Å²) in [4.78, 5) is 26.4. The Kier molecular flexibility index (Phi) is 7.31. The number of anilines is 1. The number of nitrogens with zero attached hydrogens (tertiary/aromatic N) is 2. The molecular formula is C20H25N3O4S. The zero-order chi connectivity index (χ0) is 20.7. The lowest BCUT2D eigenvalue weighted by molar-refractivity contribution is -0.116. The van der Waals surface area contributed by atoms with Crippen molar-refractivity contribution in [1.82, 2.24) is 9.21 Å². The van der Waals surface area contributed by atoms with Crippen LogP contribution in [0.4, 0.5) is 5.69 Å². The molecule has 7 nitrogen and oxygen atoms in total. The van der Waals surface area contributed by atoms with Gasteiger partial charge in [0.25, 0.3) is 5.91 Å². The Bertz CT molecular complexity index is 908. The molecule has 0 spiro atoms. The average Bonchev–Trinajstić information content (AvgIpc) is 2.70. The second-order valence-electron chi connectivity index (χ2n) is 6.18. The van der Waals surface area contributed by atoms with Crippen LogP contribution in [0.1, 0.15) is 24.2 Å². The molecule has 8 heteroatoms. The van der Waals surface area contributed by atoms with Crippen molar-refractivity contribution in [2.45, 2.75) is 18.7 Å². The summed E-state index contributed by atoms with van der Waals surface area (Å²) in [6.45, 7) is 4.75. The number of nitrogens with one attached hydrogen (secondary N) is 1. The van der Waals surface area contributed by atoms with E-state index in [9.17, 15) is 18.0 Å². The molecule has 0 aromatic heterocycles. The maximum Gasteiger partial charge on any atom is 0.253 e. The van der Waals surface area contributed by atoms with E-state index < -0.39 is 15.9 Å². The van der Waals surface area contributed by atoms with E-state index in [0.717, 1.165) is 4.31 Å². The van der Waals surface area contributed by atoms with E-state index in [1.807, 2.05) is 13.8 Å². The minimum absolute atomic E-state index is 0.0726. The molecule has 0 aliphatic carbocycles. The molecule has 2 rings (SSSR count). The first-order valence-electron chi connectivity index (χ1n) is 9.00. The summed E-state index contributed by atoms with van der Waals surface area (Å²) >= 11 is 0. The van der Waals surface area contributed by atoms with E-state index in [-0.39, 0.29) is 17.3 Å². The van der Waals surface area contributed by atoms with Gasteiger partial charge in [0, 0.05) is 31.4 Å². The Balaban J connectivity index is 2.00. The molecule has 2 amide bonds. The number of likely N-dealkylation sites (N-methyl/N-ethyl adjacent to an activating group) is 1. The molecule has 0 radical (unpaired) electrons. The van der Waals surface area contributed by atoms with Gasteiger partial charge in [-0.2, -0.15) is 4.31 Å². The minimum Gasteiger partial charge on any atom is -0.339 e. The highest BCUT2D eigenvalue weighted by Crippen LogP contribution is 2.15. The number of carbonyl (C=O) groups excluding carboxylic acids is 2. The summed E-state index contributed by atoms with van der Waals surface area (Å²) in [6.07, 6.45) is 0. The molecule has 28 heavy (non-hydrogen) atoms. The van der Waals surface area contributed by atoms with Crippen molar-refractivity contribution in [3.63, 3.8) is 0 Å². The number of rotatable bonds is 8. The maximum absolute atomic E-state index is 12.5. The smallest absolute Gasteiger partial charge is 0.253 e. The summed E-state index contributed by atoms with van der Waals surface area (Å²) in [5.74, 6) is -0.540. The van der Waals surface area contributed by atoms with Gasteiger partial charge in [0.15, 0.2) is 0 Å². The van der Waals surface area contributed by atoms with Crippen molar-refractivity contribution < 1.29 is 18.0 Å². The van der Waals surface area contributed by atoms with Crippen molar-refractivity contribution in [3.8, 4) is 0 Å². The zero-order valence-electron chi connectivity index (χ0n) is 16.3. The summed E-state index contributed by atoms with van der Waals surface area (Å²) in [5, 5.41) is 2.65. The summed E-state index contributed by atoms with van der Waals surface area (Å²) in [7, 11) is -2.38. The molecule has 0 bridgehead atoms. The highest BCUT2D eigenvalue weighted by molar-refractivity contribution is 7.89. The largest absolute Gasteiger partial charge is 0.339 e. The lowest BCUT2D eigenvalue weighted by Gasteiger charge is -2.19. The molecule has 0 aliphatic rings. The number of sulfonamides is 1. The van der Waals surface area contributed by atoms with Gasteiger partial charge in [-0.05, 0) is 50.2 Å². The molecule has 1 N–H and O–H groups in total. The fourth-order valence-corrected chi connectivity index (χ4v) is 3.80. The Morgan fingerprint density at radius 3 is 2.04 bits per heavy atom. The average molecular weight is 404 g/mol. The number of hydrogen-bond donors (Lipinski definition) is 1. The molecule has 150 valence electrons. The Morgan fingerprint density at radius 1 is 0.929 bits per heavy atom. The van der Waals surface area contributed by atoms with Gasteiger partial charge in [0.1, 0.15) is 0 Å². The summed E-state index contributed by atoms with van der Waals surface area (Å²) in [5.41, 5.74) is 1.03. The molecule has 0 saturated carbocycles. The zero-order valence-corrected chi connectivity index (χ0v) is 17.1. The van der Waals surface area contributed by atoms with Crippen molar-refractivity contribution in [2.24, 2.45) is 0 Å². The lowest BCUT2D eigenvalue weighted by Crippen LogP contribution is -2.35. The molecule has 2 aromatic carbocycles. The Hall–Kier alpha value is -2.71. The van der Waals surface area contributed by atoms with Crippen molar-refractivity contribution in [1.29, 1.82) is 0 Å². The van der Waals surface area contributed by atoms with Crippen LogP contribution in [0.3, 0.4) is 0 Å². The third kappa shape index (κ3) is 5.17. The van der Waals surface area contributed by atoms with Crippen LogP contribution in [-0.4, -0.2) is 56.1 Å². The quantitative estimate of drug-likeness (QED) is 0.733. The Labute approximate surface area is 166 Å². The summed E-state index contributed by atoms with van der Waals surface area (Å²) < 4.78 is 25.9. The van der Waals surface area contributed by atoms with Gasteiger partial charge >= 0.3 is 0 Å². The Morgan fingerprint density at radius 2 is 1.50 bits per heavy atom. The number of hydrogen-bond acceptors (Lipinski definition) is 4. The fraction of sp³-hybridized carbons (Fsp3) is 0.300. The highest BCUT2D eigenvalue weighted by Gasteiger charge is 2.22. The van der Waals surface area contributed by atoms with Crippen molar-refractivity contribution in [3.05, 3.63) is 60.2 Å².